The number of hydrogen-bond acceptors (Lipinski definition) is 4. The van der Waals surface area contributed by atoms with E-state index in [4.69, 9.17) is 4.74 Å². The molecule has 1 fully saturated rings. The van der Waals surface area contributed by atoms with Gasteiger partial charge >= 0.3 is 0 Å². The van der Waals surface area contributed by atoms with E-state index in [1.165, 1.54) is 0 Å². The molecule has 0 unspecified atom stereocenters. The van der Waals surface area contributed by atoms with Crippen LogP contribution >= 0.6 is 0 Å². The number of methoxy groups -OCH3 is 1. The molecule has 20 heavy (non-hydrogen) atoms. The number of amides is 1. The molecule has 2 rings (SSSR count). The molecule has 0 aliphatic carbocycles. The van der Waals surface area contributed by atoms with E-state index in [9.17, 15) is 13.2 Å². The smallest absolute Gasteiger partial charge is 0.237 e. The summed E-state index contributed by atoms with van der Waals surface area (Å²) >= 11 is 0. The van der Waals surface area contributed by atoms with Crippen molar-refractivity contribution < 1.29 is 17.9 Å². The first-order valence-corrected chi connectivity index (χ1v) is 8.23. The molecule has 1 saturated heterocycles. The van der Waals surface area contributed by atoms with Crippen molar-refractivity contribution in [3.05, 3.63) is 29.8 Å². The van der Waals surface area contributed by atoms with Gasteiger partial charge in [-0.2, -0.15) is 0 Å². The van der Waals surface area contributed by atoms with E-state index in [1.807, 2.05) is 31.2 Å². The fourth-order valence-electron chi connectivity index (χ4n) is 2.47. The van der Waals surface area contributed by atoms with Gasteiger partial charge in [0.1, 0.15) is 5.75 Å². The molecular weight excluding hydrogens is 278 g/mol. The van der Waals surface area contributed by atoms with E-state index >= 15 is 0 Å². The SMILES string of the molecule is COc1ccccc1[C@@H](C)CC(=O)N1CCCS1(=O)=O. The van der Waals surface area contributed by atoms with E-state index in [0.717, 1.165) is 15.6 Å². The van der Waals surface area contributed by atoms with Crippen LogP contribution in [0.2, 0.25) is 0 Å². The molecule has 0 radical (unpaired) electrons. The fourth-order valence-corrected chi connectivity index (χ4v) is 3.97. The van der Waals surface area contributed by atoms with E-state index in [0.29, 0.717) is 13.0 Å². The van der Waals surface area contributed by atoms with Crippen molar-refractivity contribution in [3.8, 4) is 5.75 Å². The summed E-state index contributed by atoms with van der Waals surface area (Å²) < 4.78 is 29.7. The molecule has 110 valence electrons. The highest BCUT2D eigenvalue weighted by Crippen LogP contribution is 2.29. The predicted octanol–water partition coefficient (Wildman–Crippen LogP) is 1.75. The van der Waals surface area contributed by atoms with Crippen LogP contribution in [0.25, 0.3) is 0 Å². The third kappa shape index (κ3) is 2.95. The van der Waals surface area contributed by atoms with Crippen LogP contribution in [0.3, 0.4) is 0 Å². The lowest BCUT2D eigenvalue weighted by Crippen LogP contribution is -2.33. The van der Waals surface area contributed by atoms with Gasteiger partial charge in [0.05, 0.1) is 12.9 Å². The predicted molar refractivity (Wildman–Crippen MR) is 76.1 cm³/mol. The molecule has 1 atom stereocenters. The number of hydrogen-bond donors (Lipinski definition) is 0. The number of carbonyl (C=O) groups excluding carboxylic acids is 1. The second-order valence-corrected chi connectivity index (χ2v) is 7.00. The maximum absolute atomic E-state index is 12.2. The minimum absolute atomic E-state index is 0.0712. The maximum Gasteiger partial charge on any atom is 0.237 e. The summed E-state index contributed by atoms with van der Waals surface area (Å²) in [4.78, 5) is 12.2. The van der Waals surface area contributed by atoms with Gasteiger partial charge in [-0.3, -0.25) is 4.79 Å². The molecule has 1 heterocycles. The van der Waals surface area contributed by atoms with Crippen molar-refractivity contribution in [2.75, 3.05) is 19.4 Å². The van der Waals surface area contributed by atoms with Crippen molar-refractivity contribution in [1.29, 1.82) is 0 Å². The van der Waals surface area contributed by atoms with Crippen LogP contribution in [0.4, 0.5) is 0 Å². The molecule has 1 amide bonds. The van der Waals surface area contributed by atoms with E-state index in [-0.39, 0.29) is 24.0 Å². The molecule has 0 saturated carbocycles. The summed E-state index contributed by atoms with van der Waals surface area (Å²) in [6, 6.07) is 7.48. The molecule has 1 aliphatic rings. The highest BCUT2D eigenvalue weighted by molar-refractivity contribution is 7.89. The van der Waals surface area contributed by atoms with Crippen molar-refractivity contribution >= 4 is 15.9 Å². The summed E-state index contributed by atoms with van der Waals surface area (Å²) in [6.07, 6.45) is 0.691. The first-order valence-electron chi connectivity index (χ1n) is 6.62. The lowest BCUT2D eigenvalue weighted by atomic mass is 9.96. The van der Waals surface area contributed by atoms with Gasteiger partial charge in [-0.05, 0) is 24.0 Å². The Balaban J connectivity index is 2.12. The third-order valence-electron chi connectivity index (χ3n) is 3.53. The Labute approximate surface area is 119 Å². The van der Waals surface area contributed by atoms with Crippen LogP contribution < -0.4 is 4.74 Å². The Morgan fingerprint density at radius 2 is 2.10 bits per heavy atom. The Hall–Kier alpha value is -1.56. The Morgan fingerprint density at radius 3 is 2.70 bits per heavy atom. The van der Waals surface area contributed by atoms with Gasteiger partial charge in [0.2, 0.25) is 15.9 Å². The standard InChI is InChI=1S/C14H19NO4S/c1-11(12-6-3-4-7-13(12)19-2)10-14(16)15-8-5-9-20(15,17)18/h3-4,6-7,11H,5,8-10H2,1-2H3/t11-/m0/s1. The van der Waals surface area contributed by atoms with Crippen molar-refractivity contribution in [3.63, 3.8) is 0 Å². The minimum atomic E-state index is -3.38. The molecule has 0 N–H and O–H groups in total. The maximum atomic E-state index is 12.2. The van der Waals surface area contributed by atoms with Crippen LogP contribution in [0.15, 0.2) is 24.3 Å². The minimum Gasteiger partial charge on any atom is -0.496 e. The van der Waals surface area contributed by atoms with E-state index in [1.54, 1.807) is 7.11 Å². The zero-order chi connectivity index (χ0) is 14.8. The summed E-state index contributed by atoms with van der Waals surface area (Å²) in [7, 11) is -1.80. The highest BCUT2D eigenvalue weighted by Gasteiger charge is 2.33. The van der Waals surface area contributed by atoms with Crippen LogP contribution in [0.5, 0.6) is 5.75 Å². The zero-order valence-electron chi connectivity index (χ0n) is 11.7. The number of rotatable bonds is 4. The average Bonchev–Trinajstić information content (AvgIpc) is 2.78. The zero-order valence-corrected chi connectivity index (χ0v) is 12.5. The van der Waals surface area contributed by atoms with Crippen LogP contribution in [-0.4, -0.2) is 38.0 Å². The third-order valence-corrected chi connectivity index (χ3v) is 5.39. The lowest BCUT2D eigenvalue weighted by molar-refractivity contribution is -0.126. The fraction of sp³-hybridized carbons (Fsp3) is 0.500. The quantitative estimate of drug-likeness (QED) is 0.849. The monoisotopic (exact) mass is 297 g/mol. The van der Waals surface area contributed by atoms with Gasteiger partial charge in [0.15, 0.2) is 0 Å². The van der Waals surface area contributed by atoms with Crippen LogP contribution in [-0.2, 0) is 14.8 Å². The summed E-state index contributed by atoms with van der Waals surface area (Å²) in [6.45, 7) is 2.21. The van der Waals surface area contributed by atoms with Gasteiger partial charge < -0.3 is 4.74 Å². The summed E-state index contributed by atoms with van der Waals surface area (Å²) in [5.41, 5.74) is 0.917. The Morgan fingerprint density at radius 1 is 1.40 bits per heavy atom. The lowest BCUT2D eigenvalue weighted by Gasteiger charge is -2.19. The van der Waals surface area contributed by atoms with Gasteiger partial charge in [0.25, 0.3) is 0 Å². The molecule has 1 aromatic rings. The van der Waals surface area contributed by atoms with Crippen molar-refractivity contribution in [2.24, 2.45) is 0 Å². The van der Waals surface area contributed by atoms with Gasteiger partial charge in [0, 0.05) is 13.0 Å². The molecule has 5 nitrogen and oxygen atoms in total. The largest absolute Gasteiger partial charge is 0.496 e. The summed E-state index contributed by atoms with van der Waals surface area (Å²) in [5, 5.41) is 0. The number of carbonyl (C=O) groups is 1. The molecule has 0 aromatic heterocycles. The summed E-state index contributed by atoms with van der Waals surface area (Å²) in [5.74, 6) is 0.370. The van der Waals surface area contributed by atoms with Crippen LogP contribution in [0.1, 0.15) is 31.2 Å². The first-order chi connectivity index (χ1) is 9.45. The highest BCUT2D eigenvalue weighted by atomic mass is 32.2. The second kappa shape index (κ2) is 5.83. The molecule has 0 spiro atoms. The molecule has 1 aromatic carbocycles. The number of benzene rings is 1. The first kappa shape index (κ1) is 14.8. The molecule has 0 bridgehead atoms. The number of para-hydroxylation sites is 1. The Kier molecular flexibility index (Phi) is 4.32. The second-order valence-electron chi connectivity index (χ2n) is 4.98. The molecule has 6 heteroatoms. The number of nitrogens with zero attached hydrogens (tertiary/aromatic N) is 1. The van der Waals surface area contributed by atoms with E-state index in [2.05, 4.69) is 0 Å². The van der Waals surface area contributed by atoms with Gasteiger partial charge in [-0.25, -0.2) is 12.7 Å². The van der Waals surface area contributed by atoms with Crippen molar-refractivity contribution in [1.82, 2.24) is 4.31 Å². The van der Waals surface area contributed by atoms with Crippen LogP contribution in [0, 0.1) is 0 Å². The average molecular weight is 297 g/mol. The van der Waals surface area contributed by atoms with Gasteiger partial charge in [-0.15, -0.1) is 0 Å². The topological polar surface area (TPSA) is 63.7 Å². The molecule has 1 aliphatic heterocycles. The molecular formula is C14H19NO4S. The normalized spacial score (nSPS) is 18.8. The number of ether oxygens (including phenoxy) is 1. The Bertz CT molecular complexity index is 597. The van der Waals surface area contributed by atoms with Crippen molar-refractivity contribution in [2.45, 2.75) is 25.7 Å². The van der Waals surface area contributed by atoms with Gasteiger partial charge in [-0.1, -0.05) is 25.1 Å². The number of sulfonamides is 1. The van der Waals surface area contributed by atoms with E-state index < -0.39 is 10.0 Å².